The van der Waals surface area contributed by atoms with Crippen LogP contribution >= 0.6 is 11.6 Å². The van der Waals surface area contributed by atoms with Crippen LogP contribution in [0.1, 0.15) is 17.5 Å². The Kier molecular flexibility index (Phi) is 6.02. The number of benzene rings is 2. The van der Waals surface area contributed by atoms with Crippen molar-refractivity contribution in [2.45, 2.75) is 19.1 Å². The van der Waals surface area contributed by atoms with E-state index in [1.54, 1.807) is 24.1 Å². The predicted molar refractivity (Wildman–Crippen MR) is 102 cm³/mol. The van der Waals surface area contributed by atoms with Gasteiger partial charge in [0.15, 0.2) is 0 Å². The molecule has 0 spiro atoms. The molecule has 1 N–H and O–H groups in total. The molecule has 3 rings (SSSR count). The molecule has 1 aliphatic heterocycles. The summed E-state index contributed by atoms with van der Waals surface area (Å²) in [4.78, 5) is 26.3. The number of nitrogens with zero attached hydrogens (tertiary/aromatic N) is 1. The number of likely N-dealkylation sites (tertiary alicyclic amines) is 1. The largest absolute Gasteiger partial charge is 0.497 e. The van der Waals surface area contributed by atoms with Crippen molar-refractivity contribution in [3.8, 4) is 5.75 Å². The normalized spacial score (nSPS) is 16.8. The fraction of sp³-hybridized carbons (Fsp3) is 0.300. The number of nitrogens with one attached hydrogen (secondary N) is 1. The van der Waals surface area contributed by atoms with Crippen LogP contribution in [-0.2, 0) is 22.3 Å². The molecule has 2 aromatic carbocycles. The van der Waals surface area contributed by atoms with Gasteiger partial charge in [-0.1, -0.05) is 23.7 Å². The fourth-order valence-electron chi connectivity index (χ4n) is 3.12. The standard InChI is InChI=1S/C20H18ClF3N2O3/c1-29-15-5-2-12(3-6-15)10-26-11-13(8-18(26)27)19(28)25-14-4-7-17(21)16(9-14)20(22,23)24/h2-7,9,13H,8,10-11H2,1H3,(H,25,28). The summed E-state index contributed by atoms with van der Waals surface area (Å²) in [5, 5.41) is 2.00. The Morgan fingerprint density at radius 1 is 1.24 bits per heavy atom. The number of hydrogen-bond donors (Lipinski definition) is 1. The minimum atomic E-state index is -4.63. The zero-order valence-electron chi connectivity index (χ0n) is 15.4. The van der Waals surface area contributed by atoms with Crippen molar-refractivity contribution >= 4 is 29.1 Å². The van der Waals surface area contributed by atoms with Gasteiger partial charge in [0.25, 0.3) is 0 Å². The Bertz CT molecular complexity index is 916. The van der Waals surface area contributed by atoms with E-state index in [4.69, 9.17) is 16.3 Å². The fourth-order valence-corrected chi connectivity index (χ4v) is 3.34. The van der Waals surface area contributed by atoms with E-state index in [-0.39, 0.29) is 24.6 Å². The van der Waals surface area contributed by atoms with Crippen LogP contribution in [0.5, 0.6) is 5.75 Å². The molecule has 29 heavy (non-hydrogen) atoms. The average molecular weight is 427 g/mol. The molecule has 2 aromatic rings. The minimum Gasteiger partial charge on any atom is -0.497 e. The molecule has 154 valence electrons. The third-order valence-electron chi connectivity index (χ3n) is 4.66. The SMILES string of the molecule is COc1ccc(CN2CC(C(=O)Nc3ccc(Cl)c(C(F)(F)F)c3)CC2=O)cc1. The van der Waals surface area contributed by atoms with Crippen LogP contribution in [0, 0.1) is 5.92 Å². The van der Waals surface area contributed by atoms with Crippen LogP contribution < -0.4 is 10.1 Å². The monoisotopic (exact) mass is 426 g/mol. The molecule has 1 atom stereocenters. The zero-order chi connectivity index (χ0) is 21.2. The molecule has 1 fully saturated rings. The molecule has 1 heterocycles. The van der Waals surface area contributed by atoms with Gasteiger partial charge in [-0.25, -0.2) is 0 Å². The number of hydrogen-bond acceptors (Lipinski definition) is 3. The Balaban J connectivity index is 1.64. The van der Waals surface area contributed by atoms with E-state index in [1.165, 1.54) is 6.07 Å². The van der Waals surface area contributed by atoms with Crippen LogP contribution in [0.15, 0.2) is 42.5 Å². The highest BCUT2D eigenvalue weighted by atomic mass is 35.5. The lowest BCUT2D eigenvalue weighted by Crippen LogP contribution is -2.28. The Hall–Kier alpha value is -2.74. The molecular weight excluding hydrogens is 409 g/mol. The maximum Gasteiger partial charge on any atom is 0.417 e. The molecule has 0 bridgehead atoms. The summed E-state index contributed by atoms with van der Waals surface area (Å²) in [5.74, 6) is -0.648. The summed E-state index contributed by atoms with van der Waals surface area (Å²) < 4.78 is 44.0. The summed E-state index contributed by atoms with van der Waals surface area (Å²) in [7, 11) is 1.56. The van der Waals surface area contributed by atoms with Crippen LogP contribution in [0.4, 0.5) is 18.9 Å². The first-order valence-corrected chi connectivity index (χ1v) is 9.13. The number of amides is 2. The maximum absolute atomic E-state index is 13.0. The van der Waals surface area contributed by atoms with Crippen molar-refractivity contribution in [3.63, 3.8) is 0 Å². The van der Waals surface area contributed by atoms with Crippen molar-refractivity contribution < 1.29 is 27.5 Å². The smallest absolute Gasteiger partial charge is 0.417 e. The summed E-state index contributed by atoms with van der Waals surface area (Å²) in [6.07, 6.45) is -4.63. The average Bonchev–Trinajstić information content (AvgIpc) is 3.03. The lowest BCUT2D eigenvalue weighted by Gasteiger charge is -2.17. The van der Waals surface area contributed by atoms with Gasteiger partial charge in [-0.3, -0.25) is 9.59 Å². The van der Waals surface area contributed by atoms with E-state index in [0.717, 1.165) is 17.7 Å². The van der Waals surface area contributed by atoms with Gasteiger partial charge in [0.2, 0.25) is 11.8 Å². The second-order valence-corrected chi connectivity index (χ2v) is 7.11. The molecular formula is C20H18ClF3N2O3. The summed E-state index contributed by atoms with van der Waals surface area (Å²) in [5.41, 5.74) is -0.166. The van der Waals surface area contributed by atoms with Crippen LogP contribution in [0.3, 0.4) is 0 Å². The molecule has 0 saturated carbocycles. The molecule has 1 aliphatic rings. The number of ether oxygens (including phenoxy) is 1. The quantitative estimate of drug-likeness (QED) is 0.773. The third-order valence-corrected chi connectivity index (χ3v) is 4.99. The number of carbonyl (C=O) groups excluding carboxylic acids is 2. The second kappa shape index (κ2) is 8.32. The minimum absolute atomic E-state index is 0.00169. The Morgan fingerprint density at radius 3 is 2.55 bits per heavy atom. The topological polar surface area (TPSA) is 58.6 Å². The van der Waals surface area contributed by atoms with E-state index in [9.17, 15) is 22.8 Å². The van der Waals surface area contributed by atoms with Crippen molar-refractivity contribution in [2.75, 3.05) is 19.0 Å². The molecule has 9 heteroatoms. The van der Waals surface area contributed by atoms with Crippen LogP contribution in [-0.4, -0.2) is 30.4 Å². The van der Waals surface area contributed by atoms with Gasteiger partial charge < -0.3 is 15.0 Å². The maximum atomic E-state index is 13.0. The lowest BCUT2D eigenvalue weighted by atomic mass is 10.1. The Morgan fingerprint density at radius 2 is 1.93 bits per heavy atom. The van der Waals surface area contributed by atoms with Gasteiger partial charge in [0.05, 0.1) is 23.6 Å². The first-order chi connectivity index (χ1) is 13.7. The van der Waals surface area contributed by atoms with Gasteiger partial charge in [-0.05, 0) is 35.9 Å². The van der Waals surface area contributed by atoms with E-state index in [1.807, 2.05) is 12.1 Å². The number of alkyl halides is 3. The highest BCUT2D eigenvalue weighted by Gasteiger charge is 2.36. The number of anilines is 1. The van der Waals surface area contributed by atoms with Crippen molar-refractivity contribution in [2.24, 2.45) is 5.92 Å². The van der Waals surface area contributed by atoms with Crippen molar-refractivity contribution in [1.82, 2.24) is 4.90 Å². The number of halogens is 4. The zero-order valence-corrected chi connectivity index (χ0v) is 16.2. The van der Waals surface area contributed by atoms with E-state index < -0.39 is 28.6 Å². The van der Waals surface area contributed by atoms with Gasteiger partial charge in [0, 0.05) is 25.2 Å². The van der Waals surface area contributed by atoms with Gasteiger partial charge >= 0.3 is 6.18 Å². The van der Waals surface area contributed by atoms with Gasteiger partial charge in [-0.15, -0.1) is 0 Å². The number of methoxy groups -OCH3 is 1. The summed E-state index contributed by atoms with van der Waals surface area (Å²) in [6.45, 7) is 0.530. The number of carbonyl (C=O) groups is 2. The molecule has 0 radical (unpaired) electrons. The van der Waals surface area contributed by atoms with Crippen molar-refractivity contribution in [3.05, 3.63) is 58.6 Å². The highest BCUT2D eigenvalue weighted by molar-refractivity contribution is 6.31. The van der Waals surface area contributed by atoms with E-state index in [0.29, 0.717) is 12.3 Å². The summed E-state index contributed by atoms with van der Waals surface area (Å²) >= 11 is 5.59. The van der Waals surface area contributed by atoms with Gasteiger partial charge in [-0.2, -0.15) is 13.2 Å². The van der Waals surface area contributed by atoms with Crippen LogP contribution in [0.25, 0.3) is 0 Å². The number of rotatable bonds is 5. The van der Waals surface area contributed by atoms with E-state index in [2.05, 4.69) is 5.32 Å². The second-order valence-electron chi connectivity index (χ2n) is 6.71. The Labute approximate surface area is 170 Å². The molecule has 1 unspecified atom stereocenters. The van der Waals surface area contributed by atoms with Crippen LogP contribution in [0.2, 0.25) is 5.02 Å². The third kappa shape index (κ3) is 5.00. The molecule has 0 aliphatic carbocycles. The predicted octanol–water partition coefficient (Wildman–Crippen LogP) is 4.35. The first kappa shape index (κ1) is 21.0. The summed E-state index contributed by atoms with van der Waals surface area (Å²) in [6, 6.07) is 10.4. The molecule has 0 aromatic heterocycles. The molecule has 1 saturated heterocycles. The highest BCUT2D eigenvalue weighted by Crippen LogP contribution is 2.36. The lowest BCUT2D eigenvalue weighted by molar-refractivity contribution is -0.137. The van der Waals surface area contributed by atoms with Crippen molar-refractivity contribution in [1.29, 1.82) is 0 Å². The molecule has 5 nitrogen and oxygen atoms in total. The molecule has 2 amide bonds. The van der Waals surface area contributed by atoms with E-state index >= 15 is 0 Å². The first-order valence-electron chi connectivity index (χ1n) is 8.75. The van der Waals surface area contributed by atoms with Gasteiger partial charge in [0.1, 0.15) is 5.75 Å².